The van der Waals surface area contributed by atoms with Gasteiger partial charge in [-0.15, -0.1) is 0 Å². The highest BCUT2D eigenvalue weighted by Crippen LogP contribution is 2.21. The molecule has 1 N–H and O–H groups in total. The first-order valence-corrected chi connectivity index (χ1v) is 5.48. The zero-order valence-electron chi connectivity index (χ0n) is 7.60. The third-order valence-corrected chi connectivity index (χ3v) is 2.87. The van der Waals surface area contributed by atoms with E-state index in [9.17, 15) is 4.79 Å². The highest BCUT2D eigenvalue weighted by Gasteiger charge is 2.13. The smallest absolute Gasteiger partial charge is 0.336 e. The Kier molecular flexibility index (Phi) is 3.30. The summed E-state index contributed by atoms with van der Waals surface area (Å²) in [5.41, 5.74) is 3.30. The largest absolute Gasteiger partial charge is 0.478 e. The Labute approximate surface area is 91.1 Å². The van der Waals surface area contributed by atoms with Crippen LogP contribution in [0.5, 0.6) is 0 Å². The molecular formula is C10H11IO2. The number of carbonyl (C=O) groups is 1. The first-order valence-electron chi connectivity index (χ1n) is 3.96. The molecule has 0 aliphatic rings. The second kappa shape index (κ2) is 4.09. The third-order valence-electron chi connectivity index (χ3n) is 2.10. The van der Waals surface area contributed by atoms with Crippen molar-refractivity contribution in [3.8, 4) is 0 Å². The van der Waals surface area contributed by atoms with Crippen LogP contribution in [0.15, 0.2) is 12.1 Å². The number of halogens is 1. The molecule has 70 valence electrons. The van der Waals surface area contributed by atoms with Crippen molar-refractivity contribution in [3.63, 3.8) is 0 Å². The summed E-state index contributed by atoms with van der Waals surface area (Å²) in [6.45, 7) is 3.78. The average Bonchev–Trinajstić information content (AvgIpc) is 2.07. The standard InChI is InChI=1S/C10H11IO2/c1-6-3-4-7(2)9(10(12)13)8(6)5-11/h3-4H,5H2,1-2H3,(H,12,13). The second-order valence-corrected chi connectivity index (χ2v) is 3.75. The quantitative estimate of drug-likeness (QED) is 0.671. The first kappa shape index (κ1) is 10.5. The predicted molar refractivity (Wildman–Crippen MR) is 60.6 cm³/mol. The molecule has 0 atom stereocenters. The number of hydrogen-bond acceptors (Lipinski definition) is 1. The van der Waals surface area contributed by atoms with E-state index in [1.165, 1.54) is 0 Å². The van der Waals surface area contributed by atoms with Crippen LogP contribution in [0.4, 0.5) is 0 Å². The van der Waals surface area contributed by atoms with Gasteiger partial charge in [-0.05, 0) is 30.5 Å². The Morgan fingerprint density at radius 3 is 2.31 bits per heavy atom. The van der Waals surface area contributed by atoms with Crippen LogP contribution in [-0.4, -0.2) is 11.1 Å². The summed E-state index contributed by atoms with van der Waals surface area (Å²) >= 11 is 2.19. The fourth-order valence-corrected chi connectivity index (χ4v) is 2.32. The van der Waals surface area contributed by atoms with Crippen molar-refractivity contribution in [1.29, 1.82) is 0 Å². The van der Waals surface area contributed by atoms with Crippen molar-refractivity contribution < 1.29 is 9.90 Å². The molecule has 0 aliphatic heterocycles. The highest BCUT2D eigenvalue weighted by molar-refractivity contribution is 14.1. The van der Waals surface area contributed by atoms with Gasteiger partial charge in [-0.1, -0.05) is 34.7 Å². The van der Waals surface area contributed by atoms with Crippen LogP contribution < -0.4 is 0 Å². The number of carboxylic acids is 1. The maximum absolute atomic E-state index is 11.0. The average molecular weight is 290 g/mol. The van der Waals surface area contributed by atoms with Crippen LogP contribution in [0.3, 0.4) is 0 Å². The van der Waals surface area contributed by atoms with Gasteiger partial charge >= 0.3 is 5.97 Å². The Balaban J connectivity index is 3.43. The molecule has 1 aromatic carbocycles. The number of hydrogen-bond donors (Lipinski definition) is 1. The number of benzene rings is 1. The van der Waals surface area contributed by atoms with Crippen LogP contribution in [0.2, 0.25) is 0 Å². The van der Waals surface area contributed by atoms with E-state index in [2.05, 4.69) is 22.6 Å². The molecule has 1 aromatic rings. The molecular weight excluding hydrogens is 279 g/mol. The normalized spacial score (nSPS) is 10.1. The van der Waals surface area contributed by atoms with Gasteiger partial charge < -0.3 is 5.11 Å². The van der Waals surface area contributed by atoms with Gasteiger partial charge in [-0.25, -0.2) is 4.79 Å². The van der Waals surface area contributed by atoms with Gasteiger partial charge in [0.25, 0.3) is 0 Å². The van der Waals surface area contributed by atoms with Crippen LogP contribution in [0.1, 0.15) is 27.0 Å². The number of carboxylic acid groups (broad SMARTS) is 1. The minimum Gasteiger partial charge on any atom is -0.478 e. The molecule has 0 bridgehead atoms. The molecule has 3 heteroatoms. The van der Waals surface area contributed by atoms with E-state index in [-0.39, 0.29) is 0 Å². The van der Waals surface area contributed by atoms with Gasteiger partial charge in [0.05, 0.1) is 5.56 Å². The predicted octanol–water partition coefficient (Wildman–Crippen LogP) is 2.94. The summed E-state index contributed by atoms with van der Waals surface area (Å²) in [5.74, 6) is -0.826. The molecule has 2 nitrogen and oxygen atoms in total. The highest BCUT2D eigenvalue weighted by atomic mass is 127. The van der Waals surface area contributed by atoms with Crippen LogP contribution in [0, 0.1) is 13.8 Å². The lowest BCUT2D eigenvalue weighted by molar-refractivity contribution is 0.0695. The Morgan fingerprint density at radius 2 is 1.92 bits per heavy atom. The van der Waals surface area contributed by atoms with E-state index >= 15 is 0 Å². The molecule has 0 aromatic heterocycles. The van der Waals surface area contributed by atoms with Gasteiger partial charge in [0.2, 0.25) is 0 Å². The lowest BCUT2D eigenvalue weighted by atomic mass is 9.99. The molecule has 0 fully saturated rings. The first-order chi connectivity index (χ1) is 6.07. The summed E-state index contributed by atoms with van der Waals surface area (Å²) in [7, 11) is 0. The van der Waals surface area contributed by atoms with Crippen molar-refractivity contribution >= 4 is 28.6 Å². The molecule has 0 heterocycles. The van der Waals surface area contributed by atoms with Crippen molar-refractivity contribution in [2.24, 2.45) is 0 Å². The van der Waals surface area contributed by atoms with Crippen LogP contribution in [-0.2, 0) is 4.43 Å². The van der Waals surface area contributed by atoms with Gasteiger partial charge in [0, 0.05) is 4.43 Å². The summed E-state index contributed by atoms with van der Waals surface area (Å²) in [6, 6.07) is 3.82. The molecule has 0 unspecified atom stereocenters. The summed E-state index contributed by atoms with van der Waals surface area (Å²) in [5, 5.41) is 9.00. The molecule has 0 spiro atoms. The van der Waals surface area contributed by atoms with Gasteiger partial charge in [-0.2, -0.15) is 0 Å². The zero-order valence-corrected chi connectivity index (χ0v) is 9.75. The lowest BCUT2D eigenvalue weighted by Gasteiger charge is -2.09. The molecule has 0 radical (unpaired) electrons. The van der Waals surface area contributed by atoms with E-state index in [4.69, 9.17) is 5.11 Å². The minimum absolute atomic E-state index is 0.467. The Bertz CT molecular complexity index is 345. The SMILES string of the molecule is Cc1ccc(C)c(C(=O)O)c1CI. The molecule has 0 aliphatic carbocycles. The van der Waals surface area contributed by atoms with E-state index < -0.39 is 5.97 Å². The van der Waals surface area contributed by atoms with Crippen molar-refractivity contribution in [3.05, 3.63) is 34.4 Å². The Hall–Kier alpha value is -0.580. The van der Waals surface area contributed by atoms with Crippen molar-refractivity contribution in [2.45, 2.75) is 18.3 Å². The van der Waals surface area contributed by atoms with Crippen molar-refractivity contribution in [1.82, 2.24) is 0 Å². The number of rotatable bonds is 2. The molecule has 1 rings (SSSR count). The maximum atomic E-state index is 11.0. The maximum Gasteiger partial charge on any atom is 0.336 e. The van der Waals surface area contributed by atoms with Gasteiger partial charge in [-0.3, -0.25) is 0 Å². The summed E-state index contributed by atoms with van der Waals surface area (Å²) < 4.78 is 0.743. The Morgan fingerprint density at radius 1 is 1.38 bits per heavy atom. The van der Waals surface area contributed by atoms with Gasteiger partial charge in [0.1, 0.15) is 0 Å². The minimum atomic E-state index is -0.826. The molecule has 13 heavy (non-hydrogen) atoms. The number of aryl methyl sites for hydroxylation is 2. The third kappa shape index (κ3) is 2.02. The summed E-state index contributed by atoms with van der Waals surface area (Å²) in [6.07, 6.45) is 0. The lowest BCUT2D eigenvalue weighted by Crippen LogP contribution is -2.05. The fraction of sp³-hybridized carbons (Fsp3) is 0.300. The molecule has 0 saturated heterocycles. The zero-order chi connectivity index (χ0) is 10.0. The van der Waals surface area contributed by atoms with E-state index in [1.54, 1.807) is 0 Å². The number of aromatic carboxylic acids is 1. The molecule has 0 amide bonds. The van der Waals surface area contributed by atoms with Crippen LogP contribution >= 0.6 is 22.6 Å². The van der Waals surface area contributed by atoms with Gasteiger partial charge in [0.15, 0.2) is 0 Å². The second-order valence-electron chi connectivity index (χ2n) is 2.99. The topological polar surface area (TPSA) is 37.3 Å². The number of alkyl halides is 1. The van der Waals surface area contributed by atoms with Crippen molar-refractivity contribution in [2.75, 3.05) is 0 Å². The van der Waals surface area contributed by atoms with E-state index in [0.29, 0.717) is 5.56 Å². The van der Waals surface area contributed by atoms with E-state index in [0.717, 1.165) is 21.1 Å². The fourth-order valence-electron chi connectivity index (χ4n) is 1.34. The monoisotopic (exact) mass is 290 g/mol. The molecule has 0 saturated carbocycles. The summed E-state index contributed by atoms with van der Waals surface area (Å²) in [4.78, 5) is 11.0. The van der Waals surface area contributed by atoms with Crippen LogP contribution in [0.25, 0.3) is 0 Å². The van der Waals surface area contributed by atoms with E-state index in [1.807, 2.05) is 26.0 Å².